The highest BCUT2D eigenvalue weighted by molar-refractivity contribution is 5.89. The number of rotatable bonds is 4. The van der Waals surface area contributed by atoms with E-state index in [2.05, 4.69) is 24.8 Å². The molecule has 0 saturated heterocycles. The smallest absolute Gasteiger partial charge is 0.156 e. The third-order valence-corrected chi connectivity index (χ3v) is 1.45. The summed E-state index contributed by atoms with van der Waals surface area (Å²) >= 11 is 0. The first kappa shape index (κ1) is 12.5. The number of hydrogen-bond acceptors (Lipinski definition) is 1. The molecule has 0 unspecified atom stereocenters. The lowest BCUT2D eigenvalue weighted by Gasteiger charge is -1.78. The summed E-state index contributed by atoms with van der Waals surface area (Å²) < 4.78 is 0. The predicted molar refractivity (Wildman–Crippen MR) is 60.8 cm³/mol. The summed E-state index contributed by atoms with van der Waals surface area (Å²) in [5, 5.41) is 0. The minimum absolute atomic E-state index is 0.106. The molecule has 0 amide bonds. The molecule has 74 valence electrons. The molecule has 0 atom stereocenters. The Morgan fingerprint density at radius 3 is 2.50 bits per heavy atom. The standard InChI is InChI=1S/C13H16O/c1-3-5-6-7-8-9-10-11-12-13(14)4-2/h5-8,11-12H,3-4H2,1-2H3. The van der Waals surface area contributed by atoms with Gasteiger partial charge in [-0.1, -0.05) is 43.9 Å². The van der Waals surface area contributed by atoms with E-state index in [0.29, 0.717) is 6.42 Å². The molecule has 0 aliphatic rings. The van der Waals surface area contributed by atoms with Gasteiger partial charge in [-0.05, 0) is 24.6 Å². The van der Waals surface area contributed by atoms with Crippen LogP contribution in [0.15, 0.2) is 36.5 Å². The quantitative estimate of drug-likeness (QED) is 0.376. The maximum Gasteiger partial charge on any atom is 0.156 e. The molecule has 14 heavy (non-hydrogen) atoms. The number of ketones is 1. The first-order valence-electron chi connectivity index (χ1n) is 4.83. The van der Waals surface area contributed by atoms with Gasteiger partial charge in [0.15, 0.2) is 5.78 Å². The molecule has 0 radical (unpaired) electrons. The van der Waals surface area contributed by atoms with Crippen LogP contribution < -0.4 is 0 Å². The van der Waals surface area contributed by atoms with Crippen LogP contribution in [0, 0.1) is 11.8 Å². The first-order chi connectivity index (χ1) is 6.81. The first-order valence-corrected chi connectivity index (χ1v) is 4.83. The van der Waals surface area contributed by atoms with Gasteiger partial charge in [-0.2, -0.15) is 0 Å². The van der Waals surface area contributed by atoms with Gasteiger partial charge in [0.1, 0.15) is 0 Å². The topological polar surface area (TPSA) is 17.1 Å². The van der Waals surface area contributed by atoms with E-state index in [1.807, 2.05) is 19.1 Å². The van der Waals surface area contributed by atoms with E-state index in [1.54, 1.807) is 12.2 Å². The Morgan fingerprint density at radius 2 is 1.86 bits per heavy atom. The van der Waals surface area contributed by atoms with E-state index in [9.17, 15) is 4.79 Å². The lowest BCUT2D eigenvalue weighted by atomic mass is 10.3. The molecule has 0 N–H and O–H groups in total. The van der Waals surface area contributed by atoms with Crippen LogP contribution in [0.2, 0.25) is 0 Å². The summed E-state index contributed by atoms with van der Waals surface area (Å²) in [6.07, 6.45) is 12.3. The van der Waals surface area contributed by atoms with Gasteiger partial charge >= 0.3 is 0 Å². The van der Waals surface area contributed by atoms with Crippen LogP contribution in [-0.2, 0) is 4.79 Å². The molecule has 0 fully saturated rings. The fourth-order valence-electron chi connectivity index (χ4n) is 0.667. The maximum absolute atomic E-state index is 10.8. The molecule has 1 nitrogen and oxygen atoms in total. The Hall–Kier alpha value is -1.55. The number of hydrogen-bond donors (Lipinski definition) is 0. The van der Waals surface area contributed by atoms with Crippen LogP contribution in [0.1, 0.15) is 26.7 Å². The van der Waals surface area contributed by atoms with Crippen molar-refractivity contribution >= 4 is 5.78 Å². The van der Waals surface area contributed by atoms with E-state index in [0.717, 1.165) is 6.42 Å². The zero-order valence-corrected chi connectivity index (χ0v) is 8.79. The summed E-state index contributed by atoms with van der Waals surface area (Å²) in [6.45, 7) is 3.91. The molecule has 0 aromatic heterocycles. The van der Waals surface area contributed by atoms with Crippen LogP contribution in [-0.4, -0.2) is 5.78 Å². The second kappa shape index (κ2) is 9.54. The van der Waals surface area contributed by atoms with Gasteiger partial charge in [-0.3, -0.25) is 4.79 Å². The molecule has 0 aliphatic heterocycles. The Balaban J connectivity index is 3.84. The van der Waals surface area contributed by atoms with Crippen LogP contribution >= 0.6 is 0 Å². The van der Waals surface area contributed by atoms with Crippen LogP contribution in [0.3, 0.4) is 0 Å². The highest BCUT2D eigenvalue weighted by atomic mass is 16.1. The second-order valence-corrected chi connectivity index (χ2v) is 2.64. The Bertz CT molecular complexity index is 295. The molecule has 0 aromatic rings. The van der Waals surface area contributed by atoms with Crippen LogP contribution in [0.5, 0.6) is 0 Å². The molecule has 0 saturated carbocycles. The highest BCUT2D eigenvalue weighted by Gasteiger charge is 1.85. The van der Waals surface area contributed by atoms with Crippen molar-refractivity contribution in [1.82, 2.24) is 0 Å². The van der Waals surface area contributed by atoms with Gasteiger partial charge in [0.25, 0.3) is 0 Å². The van der Waals surface area contributed by atoms with Crippen LogP contribution in [0.4, 0.5) is 0 Å². The monoisotopic (exact) mass is 188 g/mol. The Kier molecular flexibility index (Phi) is 8.48. The molecule has 0 aliphatic carbocycles. The maximum atomic E-state index is 10.8. The average Bonchev–Trinajstić information content (AvgIpc) is 2.21. The third kappa shape index (κ3) is 8.55. The molecule has 0 rings (SSSR count). The Morgan fingerprint density at radius 1 is 1.14 bits per heavy atom. The van der Waals surface area contributed by atoms with Gasteiger partial charge < -0.3 is 0 Å². The van der Waals surface area contributed by atoms with E-state index in [1.165, 1.54) is 6.08 Å². The third-order valence-electron chi connectivity index (χ3n) is 1.45. The zero-order valence-electron chi connectivity index (χ0n) is 8.79. The fraction of sp³-hybridized carbons (Fsp3) is 0.308. The van der Waals surface area contributed by atoms with Crippen molar-refractivity contribution in [3.8, 4) is 11.8 Å². The van der Waals surface area contributed by atoms with Crippen molar-refractivity contribution in [3.05, 3.63) is 36.5 Å². The summed E-state index contributed by atoms with van der Waals surface area (Å²) in [7, 11) is 0. The van der Waals surface area contributed by atoms with Gasteiger partial charge in [0.2, 0.25) is 0 Å². The summed E-state index contributed by atoms with van der Waals surface area (Å²) in [5.74, 6) is 5.66. The number of carbonyl (C=O) groups excluding carboxylic acids is 1. The van der Waals surface area contributed by atoms with E-state index in [-0.39, 0.29) is 5.78 Å². The molecule has 0 aromatic carbocycles. The second-order valence-electron chi connectivity index (χ2n) is 2.64. The van der Waals surface area contributed by atoms with Gasteiger partial charge in [0.05, 0.1) is 0 Å². The number of allylic oxidation sites excluding steroid dienone is 6. The normalized spacial score (nSPS) is 11.0. The van der Waals surface area contributed by atoms with Gasteiger partial charge in [-0.15, -0.1) is 0 Å². The van der Waals surface area contributed by atoms with E-state index < -0.39 is 0 Å². The van der Waals surface area contributed by atoms with Crippen molar-refractivity contribution in [2.24, 2.45) is 0 Å². The largest absolute Gasteiger partial charge is 0.295 e. The minimum atomic E-state index is 0.106. The molecule has 0 spiro atoms. The Labute approximate surface area is 86.2 Å². The summed E-state index contributed by atoms with van der Waals surface area (Å²) in [6, 6.07) is 0. The fourth-order valence-corrected chi connectivity index (χ4v) is 0.667. The molecule has 1 heteroatoms. The van der Waals surface area contributed by atoms with Crippen molar-refractivity contribution in [2.45, 2.75) is 26.7 Å². The molecular formula is C13H16O. The predicted octanol–water partition coefficient (Wildman–Crippen LogP) is 3.05. The van der Waals surface area contributed by atoms with Crippen molar-refractivity contribution in [1.29, 1.82) is 0 Å². The lowest BCUT2D eigenvalue weighted by molar-refractivity contribution is -0.114. The van der Waals surface area contributed by atoms with Gasteiger partial charge in [0, 0.05) is 6.42 Å². The van der Waals surface area contributed by atoms with Crippen molar-refractivity contribution in [3.63, 3.8) is 0 Å². The molecule has 0 bridgehead atoms. The van der Waals surface area contributed by atoms with Crippen molar-refractivity contribution < 1.29 is 4.79 Å². The lowest BCUT2D eigenvalue weighted by Crippen LogP contribution is -1.85. The van der Waals surface area contributed by atoms with Crippen molar-refractivity contribution in [2.75, 3.05) is 0 Å². The van der Waals surface area contributed by atoms with E-state index in [4.69, 9.17) is 0 Å². The zero-order chi connectivity index (χ0) is 10.6. The van der Waals surface area contributed by atoms with Gasteiger partial charge in [-0.25, -0.2) is 0 Å². The summed E-state index contributed by atoms with van der Waals surface area (Å²) in [5.41, 5.74) is 0. The SMILES string of the molecule is CCC=CC=CC#CC=CC(=O)CC. The number of carbonyl (C=O) groups is 1. The molecular weight excluding hydrogens is 172 g/mol. The minimum Gasteiger partial charge on any atom is -0.295 e. The summed E-state index contributed by atoms with van der Waals surface area (Å²) in [4.78, 5) is 10.8. The highest BCUT2D eigenvalue weighted by Crippen LogP contribution is 1.83. The van der Waals surface area contributed by atoms with E-state index >= 15 is 0 Å². The van der Waals surface area contributed by atoms with Crippen LogP contribution in [0.25, 0.3) is 0 Å². The average molecular weight is 188 g/mol. The molecule has 0 heterocycles.